The lowest BCUT2D eigenvalue weighted by Crippen LogP contribution is -2.64. The number of carbonyl (C=O) groups is 6. The number of hydrogen-bond acceptors (Lipinski definition) is 8. The smallest absolute Gasteiger partial charge is 0.315 e. The summed E-state index contributed by atoms with van der Waals surface area (Å²) in [6, 6.07) is -3.35. The first-order valence-corrected chi connectivity index (χ1v) is 24.0. The number of ketones is 1. The molecule has 0 spiro atoms. The molecule has 4 rings (SSSR count). The van der Waals surface area contributed by atoms with Gasteiger partial charge in [0.15, 0.2) is 0 Å². The van der Waals surface area contributed by atoms with Crippen LogP contribution < -0.4 is 21.3 Å². The molecular weight excluding hydrogens is 771 g/mol. The molecule has 14 heteroatoms. The van der Waals surface area contributed by atoms with Crippen LogP contribution >= 0.6 is 0 Å². The minimum absolute atomic E-state index is 0.00248. The SMILES string of the molecule is CCC(C)(C)S(=O)CC1(NC(=O)N[C@H](C(=O)N2C[C@H](C(C)C)C[C@H]2C(=O)NC(CC2CCC2)C(=O)C(=O)NCCC(=O)OC(C)(C)C)C2(C)CCCCC2)CCCCC1. The summed E-state index contributed by atoms with van der Waals surface area (Å²) in [4.78, 5) is 84.4. The summed E-state index contributed by atoms with van der Waals surface area (Å²) in [6.45, 7) is 17.7. The van der Waals surface area contributed by atoms with Gasteiger partial charge in [-0.15, -0.1) is 0 Å². The first kappa shape index (κ1) is 48.6. The highest BCUT2D eigenvalue weighted by Crippen LogP contribution is 2.41. The first-order valence-electron chi connectivity index (χ1n) is 22.7. The minimum atomic E-state index is -1.19. The van der Waals surface area contributed by atoms with Crippen LogP contribution in [0.25, 0.3) is 0 Å². The van der Waals surface area contributed by atoms with E-state index < -0.39 is 79.8 Å². The molecule has 59 heavy (non-hydrogen) atoms. The van der Waals surface area contributed by atoms with Gasteiger partial charge in [0.05, 0.1) is 18.0 Å². The van der Waals surface area contributed by atoms with E-state index in [0.29, 0.717) is 25.1 Å². The molecule has 0 aromatic heterocycles. The van der Waals surface area contributed by atoms with E-state index in [1.165, 1.54) is 0 Å². The molecule has 3 saturated carbocycles. The van der Waals surface area contributed by atoms with Gasteiger partial charge in [-0.3, -0.25) is 28.2 Å². The van der Waals surface area contributed by atoms with E-state index >= 15 is 4.79 Å². The minimum Gasteiger partial charge on any atom is -0.460 e. The average molecular weight is 848 g/mol. The number of hydrogen-bond donors (Lipinski definition) is 4. The Bertz CT molecular complexity index is 1530. The van der Waals surface area contributed by atoms with Crippen molar-refractivity contribution < 1.29 is 37.7 Å². The molecular formula is C45H77N5O8S. The molecule has 5 atom stereocenters. The molecule has 3 aliphatic carbocycles. The first-order chi connectivity index (χ1) is 27.6. The lowest BCUT2D eigenvalue weighted by molar-refractivity contribution is -0.154. The Morgan fingerprint density at radius 3 is 2.02 bits per heavy atom. The summed E-state index contributed by atoms with van der Waals surface area (Å²) in [6.07, 6.45) is 12.8. The van der Waals surface area contributed by atoms with Crippen molar-refractivity contribution in [1.29, 1.82) is 0 Å². The molecule has 1 heterocycles. The van der Waals surface area contributed by atoms with Crippen LogP contribution in [0.2, 0.25) is 0 Å². The van der Waals surface area contributed by atoms with Crippen molar-refractivity contribution in [2.45, 2.75) is 205 Å². The van der Waals surface area contributed by atoms with Gasteiger partial charge in [0.1, 0.15) is 17.7 Å². The standard InChI is InChI=1S/C45H77N5O8S/c1-10-43(7,8)59(57)29-45(23-15-12-16-24-45)49-41(56)48-37(44(9)21-13-11-14-22-44)40(55)50-28-32(30(2)3)27-34(50)38(53)47-33(26-31-18-17-19-31)36(52)39(54)46-25-20-35(51)58-42(4,5)6/h30-34,37H,10-29H2,1-9H3,(H,46,54)(H,47,53)(H2,48,49,56)/t32-,33?,34+,37-,59?/m1/s1. The van der Waals surface area contributed by atoms with Crippen LogP contribution in [0.15, 0.2) is 0 Å². The molecule has 0 bridgehead atoms. The van der Waals surface area contributed by atoms with Crippen molar-refractivity contribution >= 4 is 46.3 Å². The second-order valence-electron chi connectivity index (χ2n) is 20.5. The number of Topliss-reactive ketones (excluding diaryl/α,β-unsaturated/α-hetero) is 1. The number of ether oxygens (including phenoxy) is 1. The third kappa shape index (κ3) is 13.5. The van der Waals surface area contributed by atoms with Crippen LogP contribution in [0.3, 0.4) is 0 Å². The maximum atomic E-state index is 15.1. The van der Waals surface area contributed by atoms with Gasteiger partial charge in [-0.2, -0.15) is 0 Å². The van der Waals surface area contributed by atoms with Gasteiger partial charge >= 0.3 is 12.0 Å². The maximum Gasteiger partial charge on any atom is 0.315 e. The molecule has 336 valence electrons. The van der Waals surface area contributed by atoms with E-state index in [-0.39, 0.29) is 36.6 Å². The van der Waals surface area contributed by atoms with E-state index in [9.17, 15) is 28.2 Å². The number of nitrogens with zero attached hydrogens (tertiary/aromatic N) is 1. The van der Waals surface area contributed by atoms with Gasteiger partial charge in [-0.05, 0) is 103 Å². The van der Waals surface area contributed by atoms with Crippen molar-refractivity contribution in [3.63, 3.8) is 0 Å². The quantitative estimate of drug-likeness (QED) is 0.0926. The summed E-state index contributed by atoms with van der Waals surface area (Å²) in [5.74, 6) is -2.27. The molecule has 4 N–H and O–H groups in total. The molecule has 4 fully saturated rings. The zero-order valence-corrected chi connectivity index (χ0v) is 38.5. The third-order valence-electron chi connectivity index (χ3n) is 13.8. The van der Waals surface area contributed by atoms with Gasteiger partial charge in [0.25, 0.3) is 5.91 Å². The Hall–Kier alpha value is -3.03. The Kier molecular flexibility index (Phi) is 17.1. The fourth-order valence-corrected chi connectivity index (χ4v) is 10.8. The van der Waals surface area contributed by atoms with Gasteiger partial charge in [0.2, 0.25) is 17.6 Å². The van der Waals surface area contributed by atoms with E-state index in [1.807, 2.05) is 20.8 Å². The van der Waals surface area contributed by atoms with E-state index in [1.54, 1.807) is 25.7 Å². The van der Waals surface area contributed by atoms with Crippen LogP contribution in [0.5, 0.6) is 0 Å². The monoisotopic (exact) mass is 848 g/mol. The summed E-state index contributed by atoms with van der Waals surface area (Å²) < 4.78 is 18.6. The summed E-state index contributed by atoms with van der Waals surface area (Å²) in [7, 11) is -1.19. The third-order valence-corrected chi connectivity index (χ3v) is 16.2. The Morgan fingerprint density at radius 1 is 0.864 bits per heavy atom. The number of esters is 1. The van der Waals surface area contributed by atoms with Crippen LogP contribution in [-0.4, -0.2) is 97.5 Å². The Morgan fingerprint density at radius 2 is 1.47 bits per heavy atom. The molecule has 0 radical (unpaired) electrons. The van der Waals surface area contributed by atoms with Crippen molar-refractivity contribution in [3.8, 4) is 0 Å². The molecule has 5 amide bonds. The van der Waals surface area contributed by atoms with Crippen molar-refractivity contribution in [2.24, 2.45) is 23.2 Å². The molecule has 4 aliphatic rings. The van der Waals surface area contributed by atoms with Crippen LogP contribution in [0.4, 0.5) is 4.79 Å². The highest BCUT2D eigenvalue weighted by Gasteiger charge is 2.49. The number of urea groups is 1. The van der Waals surface area contributed by atoms with Crippen LogP contribution in [-0.2, 0) is 39.5 Å². The van der Waals surface area contributed by atoms with Gasteiger partial charge in [0, 0.05) is 34.4 Å². The second kappa shape index (κ2) is 20.7. The lowest BCUT2D eigenvalue weighted by atomic mass is 9.70. The van der Waals surface area contributed by atoms with Crippen molar-refractivity contribution in [1.82, 2.24) is 26.2 Å². The Balaban J connectivity index is 1.56. The second-order valence-corrected chi connectivity index (χ2v) is 22.6. The normalized spacial score (nSPS) is 23.6. The zero-order valence-electron chi connectivity index (χ0n) is 37.7. The summed E-state index contributed by atoms with van der Waals surface area (Å²) in [5.41, 5.74) is -1.89. The number of likely N-dealkylation sites (tertiary alicyclic amines) is 1. The van der Waals surface area contributed by atoms with E-state index in [4.69, 9.17) is 4.74 Å². The highest BCUT2D eigenvalue weighted by molar-refractivity contribution is 7.86. The number of nitrogens with one attached hydrogen (secondary N) is 4. The molecule has 0 aromatic carbocycles. The number of rotatable bonds is 18. The molecule has 1 aliphatic heterocycles. The van der Waals surface area contributed by atoms with Crippen LogP contribution in [0, 0.1) is 23.2 Å². The molecule has 0 aromatic rings. The van der Waals surface area contributed by atoms with Crippen molar-refractivity contribution in [3.05, 3.63) is 0 Å². The van der Waals surface area contributed by atoms with Crippen molar-refractivity contribution in [2.75, 3.05) is 18.8 Å². The maximum absolute atomic E-state index is 15.1. The lowest BCUT2D eigenvalue weighted by Gasteiger charge is -2.44. The predicted octanol–water partition coefficient (Wildman–Crippen LogP) is 6.23. The predicted molar refractivity (Wildman–Crippen MR) is 231 cm³/mol. The topological polar surface area (TPSA) is 180 Å². The van der Waals surface area contributed by atoms with Gasteiger partial charge < -0.3 is 30.9 Å². The summed E-state index contributed by atoms with van der Waals surface area (Å²) in [5, 5.41) is 11.9. The molecule has 2 unspecified atom stereocenters. The van der Waals surface area contributed by atoms with E-state index in [2.05, 4.69) is 42.0 Å². The molecule has 13 nitrogen and oxygen atoms in total. The van der Waals surface area contributed by atoms with Gasteiger partial charge in [-0.25, -0.2) is 4.79 Å². The van der Waals surface area contributed by atoms with E-state index in [0.717, 1.165) is 89.9 Å². The zero-order chi connectivity index (χ0) is 43.8. The number of amides is 5. The average Bonchev–Trinajstić information content (AvgIpc) is 3.60. The van der Waals surface area contributed by atoms with Gasteiger partial charge in [-0.1, -0.05) is 85.5 Å². The highest BCUT2D eigenvalue weighted by atomic mass is 32.2. The fourth-order valence-electron chi connectivity index (χ4n) is 9.22. The Labute approximate surface area is 356 Å². The number of carbonyl (C=O) groups excluding carboxylic acids is 6. The molecule has 1 saturated heterocycles. The summed E-state index contributed by atoms with van der Waals surface area (Å²) >= 11 is 0. The largest absolute Gasteiger partial charge is 0.460 e. The van der Waals surface area contributed by atoms with Crippen LogP contribution in [0.1, 0.15) is 171 Å². The fraction of sp³-hybridized carbons (Fsp3) is 0.867.